The van der Waals surface area contributed by atoms with Gasteiger partial charge in [-0.3, -0.25) is 0 Å². The number of nitrogens with zero attached hydrogens (tertiary/aromatic N) is 1. The molecule has 0 fully saturated rings. The highest BCUT2D eigenvalue weighted by Crippen LogP contribution is 2.15. The van der Waals surface area contributed by atoms with Crippen LogP contribution in [0.5, 0.6) is 5.75 Å². The van der Waals surface area contributed by atoms with Gasteiger partial charge in [0.05, 0.1) is 12.8 Å². The number of oxazole rings is 1. The van der Waals surface area contributed by atoms with Crippen molar-refractivity contribution in [3.63, 3.8) is 0 Å². The summed E-state index contributed by atoms with van der Waals surface area (Å²) >= 11 is 0. The molecule has 0 bridgehead atoms. The van der Waals surface area contributed by atoms with E-state index in [2.05, 4.69) is 4.98 Å². The summed E-state index contributed by atoms with van der Waals surface area (Å²) < 4.78 is 10.7. The van der Waals surface area contributed by atoms with Crippen molar-refractivity contribution in [3.05, 3.63) is 47.2 Å². The highest BCUT2D eigenvalue weighted by molar-refractivity contribution is 5.27. The Morgan fingerprint density at radius 1 is 1.16 bits per heavy atom. The Morgan fingerprint density at radius 2 is 1.89 bits per heavy atom. The molecule has 0 aliphatic rings. The standard InChI is InChI=1S/C15H19NO3/c1-11-14(9-10-17)16-15(19-11)8-5-12-3-6-13(18-2)7-4-12/h3-4,6-7,17H,5,8-10H2,1-2H3. The van der Waals surface area contributed by atoms with Crippen molar-refractivity contribution < 1.29 is 14.3 Å². The number of aromatic nitrogens is 1. The summed E-state index contributed by atoms with van der Waals surface area (Å²) in [4.78, 5) is 4.40. The fourth-order valence-corrected chi connectivity index (χ4v) is 1.98. The molecule has 0 amide bonds. The minimum Gasteiger partial charge on any atom is -0.497 e. The molecule has 1 aromatic heterocycles. The number of methoxy groups -OCH3 is 1. The molecule has 0 aliphatic heterocycles. The maximum Gasteiger partial charge on any atom is 0.194 e. The smallest absolute Gasteiger partial charge is 0.194 e. The van der Waals surface area contributed by atoms with E-state index >= 15 is 0 Å². The molecule has 1 aromatic carbocycles. The van der Waals surface area contributed by atoms with Gasteiger partial charge >= 0.3 is 0 Å². The van der Waals surface area contributed by atoms with Crippen LogP contribution >= 0.6 is 0 Å². The minimum atomic E-state index is 0.102. The molecule has 2 rings (SSSR count). The van der Waals surface area contributed by atoms with E-state index in [4.69, 9.17) is 14.3 Å². The zero-order chi connectivity index (χ0) is 13.7. The lowest BCUT2D eigenvalue weighted by Crippen LogP contribution is -1.95. The SMILES string of the molecule is COc1ccc(CCc2nc(CCO)c(C)o2)cc1. The third-order valence-corrected chi connectivity index (χ3v) is 3.07. The van der Waals surface area contributed by atoms with E-state index in [0.717, 1.165) is 35.9 Å². The van der Waals surface area contributed by atoms with Gasteiger partial charge in [0.1, 0.15) is 11.5 Å². The number of aryl methyl sites for hydroxylation is 3. The predicted octanol–water partition coefficient (Wildman–Crippen LogP) is 2.31. The van der Waals surface area contributed by atoms with Gasteiger partial charge in [-0.1, -0.05) is 12.1 Å². The molecule has 0 radical (unpaired) electrons. The van der Waals surface area contributed by atoms with Crippen LogP contribution in [0.2, 0.25) is 0 Å². The molecule has 1 N–H and O–H groups in total. The Bertz CT molecular complexity index is 517. The van der Waals surface area contributed by atoms with Gasteiger partial charge < -0.3 is 14.3 Å². The molecule has 19 heavy (non-hydrogen) atoms. The first-order valence-corrected chi connectivity index (χ1v) is 6.42. The summed E-state index contributed by atoms with van der Waals surface area (Å²) in [7, 11) is 1.66. The van der Waals surface area contributed by atoms with Crippen LogP contribution in [0.4, 0.5) is 0 Å². The molecule has 0 aliphatic carbocycles. The maximum absolute atomic E-state index is 8.92. The average molecular weight is 261 g/mol. The van der Waals surface area contributed by atoms with Crippen molar-refractivity contribution in [2.75, 3.05) is 13.7 Å². The average Bonchev–Trinajstić information content (AvgIpc) is 2.78. The highest BCUT2D eigenvalue weighted by Gasteiger charge is 2.09. The van der Waals surface area contributed by atoms with Crippen molar-refractivity contribution in [1.29, 1.82) is 0 Å². The van der Waals surface area contributed by atoms with Crippen LogP contribution in [-0.2, 0) is 19.3 Å². The van der Waals surface area contributed by atoms with Crippen LogP contribution in [0.25, 0.3) is 0 Å². The fraction of sp³-hybridized carbons (Fsp3) is 0.400. The first-order chi connectivity index (χ1) is 9.22. The molecule has 0 unspecified atom stereocenters. The van der Waals surface area contributed by atoms with Crippen molar-refractivity contribution in [3.8, 4) is 5.75 Å². The lowest BCUT2D eigenvalue weighted by Gasteiger charge is -2.01. The first-order valence-electron chi connectivity index (χ1n) is 6.42. The Kier molecular flexibility index (Phi) is 4.58. The van der Waals surface area contributed by atoms with Gasteiger partial charge in [-0.15, -0.1) is 0 Å². The second-order valence-electron chi connectivity index (χ2n) is 4.43. The summed E-state index contributed by atoms with van der Waals surface area (Å²) in [5.74, 6) is 2.40. The quantitative estimate of drug-likeness (QED) is 0.867. The van der Waals surface area contributed by atoms with Gasteiger partial charge in [0.15, 0.2) is 5.89 Å². The number of hydrogen-bond acceptors (Lipinski definition) is 4. The van der Waals surface area contributed by atoms with Crippen LogP contribution < -0.4 is 4.74 Å². The van der Waals surface area contributed by atoms with Crippen molar-refractivity contribution >= 4 is 0 Å². The zero-order valence-corrected chi connectivity index (χ0v) is 11.3. The molecule has 0 saturated carbocycles. The van der Waals surface area contributed by atoms with Crippen molar-refractivity contribution in [2.45, 2.75) is 26.2 Å². The molecule has 2 aromatic rings. The topological polar surface area (TPSA) is 55.5 Å². The molecular formula is C15H19NO3. The van der Waals surface area contributed by atoms with E-state index in [9.17, 15) is 0 Å². The largest absolute Gasteiger partial charge is 0.497 e. The lowest BCUT2D eigenvalue weighted by atomic mass is 10.1. The Balaban J connectivity index is 1.95. The van der Waals surface area contributed by atoms with Crippen LogP contribution in [0, 0.1) is 6.92 Å². The normalized spacial score (nSPS) is 10.7. The van der Waals surface area contributed by atoms with Crippen LogP contribution in [0.15, 0.2) is 28.7 Å². The number of rotatable bonds is 6. The van der Waals surface area contributed by atoms with Gasteiger partial charge in [-0.05, 0) is 31.0 Å². The third-order valence-electron chi connectivity index (χ3n) is 3.07. The number of ether oxygens (including phenoxy) is 1. The summed E-state index contributed by atoms with van der Waals surface area (Å²) in [6, 6.07) is 7.99. The Morgan fingerprint density at radius 3 is 2.53 bits per heavy atom. The van der Waals surface area contributed by atoms with E-state index in [1.54, 1.807) is 7.11 Å². The van der Waals surface area contributed by atoms with Gasteiger partial charge in [-0.2, -0.15) is 0 Å². The molecule has 0 atom stereocenters. The predicted molar refractivity (Wildman–Crippen MR) is 72.4 cm³/mol. The zero-order valence-electron chi connectivity index (χ0n) is 11.3. The molecule has 1 heterocycles. The summed E-state index contributed by atoms with van der Waals surface area (Å²) in [6.45, 7) is 1.99. The molecular weight excluding hydrogens is 242 g/mol. The Labute approximate surface area is 113 Å². The third kappa shape index (κ3) is 3.58. The highest BCUT2D eigenvalue weighted by atomic mass is 16.5. The number of aliphatic hydroxyl groups is 1. The van der Waals surface area contributed by atoms with Crippen LogP contribution in [0.3, 0.4) is 0 Å². The monoisotopic (exact) mass is 261 g/mol. The van der Waals surface area contributed by atoms with Gasteiger partial charge in [-0.25, -0.2) is 4.98 Å². The first kappa shape index (κ1) is 13.6. The summed E-state index contributed by atoms with van der Waals surface area (Å²) in [5, 5.41) is 8.92. The van der Waals surface area contributed by atoms with Gasteiger partial charge in [0.25, 0.3) is 0 Å². The number of benzene rings is 1. The van der Waals surface area contributed by atoms with E-state index in [1.165, 1.54) is 5.56 Å². The second kappa shape index (κ2) is 6.38. The fourth-order valence-electron chi connectivity index (χ4n) is 1.98. The second-order valence-corrected chi connectivity index (χ2v) is 4.43. The molecule has 0 saturated heterocycles. The van der Waals surface area contributed by atoms with Gasteiger partial charge in [0.2, 0.25) is 0 Å². The summed E-state index contributed by atoms with van der Waals surface area (Å²) in [6.07, 6.45) is 2.19. The maximum atomic E-state index is 8.92. The number of hydrogen-bond donors (Lipinski definition) is 1. The molecule has 4 heteroatoms. The number of aliphatic hydroxyl groups excluding tert-OH is 1. The minimum absolute atomic E-state index is 0.102. The van der Waals surface area contributed by atoms with Crippen LogP contribution in [-0.4, -0.2) is 23.8 Å². The van der Waals surface area contributed by atoms with E-state index in [-0.39, 0.29) is 6.61 Å². The molecule has 102 valence electrons. The van der Waals surface area contributed by atoms with Crippen LogP contribution in [0.1, 0.15) is 22.9 Å². The lowest BCUT2D eigenvalue weighted by molar-refractivity contribution is 0.297. The van der Waals surface area contributed by atoms with E-state index in [1.807, 2.05) is 31.2 Å². The summed E-state index contributed by atoms with van der Waals surface area (Å²) in [5.41, 5.74) is 2.08. The molecule has 4 nitrogen and oxygen atoms in total. The van der Waals surface area contributed by atoms with E-state index in [0.29, 0.717) is 6.42 Å². The van der Waals surface area contributed by atoms with Crippen molar-refractivity contribution in [2.24, 2.45) is 0 Å². The van der Waals surface area contributed by atoms with E-state index < -0.39 is 0 Å². The Hall–Kier alpha value is -1.81. The van der Waals surface area contributed by atoms with Gasteiger partial charge in [0, 0.05) is 19.4 Å². The molecule has 0 spiro atoms. The van der Waals surface area contributed by atoms with Crippen molar-refractivity contribution in [1.82, 2.24) is 4.98 Å².